The topological polar surface area (TPSA) is 24.9 Å². The first-order valence-corrected chi connectivity index (χ1v) is 6.86. The van der Waals surface area contributed by atoms with Gasteiger partial charge in [-0.05, 0) is 56.3 Å². The normalized spacial score (nSPS) is 14.8. The van der Waals surface area contributed by atoms with Crippen LogP contribution in [0.4, 0.5) is 0 Å². The van der Waals surface area contributed by atoms with E-state index in [1.54, 1.807) is 0 Å². The van der Waals surface area contributed by atoms with Crippen molar-refractivity contribution < 1.29 is 0 Å². The first-order chi connectivity index (χ1) is 8.81. The van der Waals surface area contributed by atoms with Crippen molar-refractivity contribution in [3.05, 3.63) is 40.6 Å². The van der Waals surface area contributed by atoms with E-state index in [-0.39, 0.29) is 0 Å². The number of nitrogens with one attached hydrogen (secondary N) is 1. The molecule has 1 aliphatic rings. The summed E-state index contributed by atoms with van der Waals surface area (Å²) in [6, 6.07) is 6.53. The van der Waals surface area contributed by atoms with Crippen LogP contribution in [0.15, 0.2) is 18.2 Å². The molecule has 0 amide bonds. The maximum atomic E-state index is 4.93. The standard InChI is InChI=1S/C16H20N2/c1-11-6-5-8-13-14(10-17-2)12-7-3-4-9-15(12)18-16(11)13/h5-6,8,17H,3-4,7,9-10H2,1-2H3. The van der Waals surface area contributed by atoms with Crippen LogP contribution in [-0.2, 0) is 19.4 Å². The second kappa shape index (κ2) is 4.69. The third-order valence-electron chi connectivity index (χ3n) is 3.97. The average Bonchev–Trinajstić information content (AvgIpc) is 2.40. The largest absolute Gasteiger partial charge is 0.316 e. The van der Waals surface area contributed by atoms with E-state index >= 15 is 0 Å². The van der Waals surface area contributed by atoms with Crippen molar-refractivity contribution in [1.82, 2.24) is 10.3 Å². The summed E-state index contributed by atoms with van der Waals surface area (Å²) in [6.45, 7) is 3.11. The summed E-state index contributed by atoms with van der Waals surface area (Å²) < 4.78 is 0. The highest BCUT2D eigenvalue weighted by molar-refractivity contribution is 5.86. The molecule has 2 nitrogen and oxygen atoms in total. The van der Waals surface area contributed by atoms with Gasteiger partial charge in [-0.25, -0.2) is 0 Å². The summed E-state index contributed by atoms with van der Waals surface area (Å²) in [7, 11) is 2.03. The van der Waals surface area contributed by atoms with Gasteiger partial charge >= 0.3 is 0 Å². The third kappa shape index (κ3) is 1.81. The molecular weight excluding hydrogens is 220 g/mol. The van der Waals surface area contributed by atoms with Gasteiger partial charge in [0.2, 0.25) is 0 Å². The van der Waals surface area contributed by atoms with Gasteiger partial charge in [0, 0.05) is 17.6 Å². The molecule has 94 valence electrons. The number of para-hydroxylation sites is 1. The summed E-state index contributed by atoms with van der Waals surface area (Å²) >= 11 is 0. The van der Waals surface area contributed by atoms with Crippen LogP contribution >= 0.6 is 0 Å². The van der Waals surface area contributed by atoms with Crippen LogP contribution in [0.3, 0.4) is 0 Å². The molecule has 2 aromatic rings. The molecule has 0 radical (unpaired) electrons. The van der Waals surface area contributed by atoms with Crippen molar-refractivity contribution in [2.24, 2.45) is 0 Å². The van der Waals surface area contributed by atoms with E-state index in [2.05, 4.69) is 30.4 Å². The second-order valence-electron chi connectivity index (χ2n) is 5.22. The lowest BCUT2D eigenvalue weighted by atomic mass is 9.89. The van der Waals surface area contributed by atoms with Crippen LogP contribution < -0.4 is 5.32 Å². The molecule has 1 aromatic heterocycles. The van der Waals surface area contributed by atoms with Gasteiger partial charge in [-0.1, -0.05) is 18.2 Å². The molecule has 3 rings (SSSR count). The molecule has 1 aromatic carbocycles. The van der Waals surface area contributed by atoms with Crippen molar-refractivity contribution in [3.63, 3.8) is 0 Å². The Hall–Kier alpha value is -1.41. The number of benzene rings is 1. The SMILES string of the molecule is CNCc1c2c(nc3c(C)cccc13)CCCC2. The third-order valence-corrected chi connectivity index (χ3v) is 3.97. The van der Waals surface area contributed by atoms with Gasteiger partial charge in [0.15, 0.2) is 0 Å². The molecule has 1 N–H and O–H groups in total. The number of aryl methyl sites for hydroxylation is 2. The minimum Gasteiger partial charge on any atom is -0.316 e. The van der Waals surface area contributed by atoms with Crippen molar-refractivity contribution in [2.75, 3.05) is 7.05 Å². The number of rotatable bonds is 2. The number of fused-ring (bicyclic) bond motifs is 2. The predicted molar refractivity (Wildman–Crippen MR) is 75.9 cm³/mol. The Morgan fingerprint density at radius 3 is 2.89 bits per heavy atom. The molecule has 0 bridgehead atoms. The van der Waals surface area contributed by atoms with E-state index < -0.39 is 0 Å². The van der Waals surface area contributed by atoms with E-state index in [4.69, 9.17) is 4.98 Å². The fourth-order valence-electron chi connectivity index (χ4n) is 3.06. The highest BCUT2D eigenvalue weighted by Gasteiger charge is 2.17. The van der Waals surface area contributed by atoms with E-state index in [0.29, 0.717) is 0 Å². The maximum Gasteiger partial charge on any atom is 0.0737 e. The molecule has 0 saturated heterocycles. The molecule has 1 aliphatic carbocycles. The summed E-state index contributed by atoms with van der Waals surface area (Å²) in [4.78, 5) is 4.93. The molecular formula is C16H20N2. The summed E-state index contributed by atoms with van der Waals surface area (Å²) in [6.07, 6.45) is 4.94. The van der Waals surface area contributed by atoms with E-state index in [9.17, 15) is 0 Å². The zero-order valence-electron chi connectivity index (χ0n) is 11.2. The van der Waals surface area contributed by atoms with Crippen LogP contribution in [0.25, 0.3) is 10.9 Å². The fraction of sp³-hybridized carbons (Fsp3) is 0.438. The number of aromatic nitrogens is 1. The Bertz CT molecular complexity index is 587. The van der Waals surface area contributed by atoms with Crippen molar-refractivity contribution >= 4 is 10.9 Å². The minimum absolute atomic E-state index is 0.949. The van der Waals surface area contributed by atoms with Crippen LogP contribution in [0, 0.1) is 6.92 Å². The van der Waals surface area contributed by atoms with Crippen LogP contribution in [-0.4, -0.2) is 12.0 Å². The fourth-order valence-corrected chi connectivity index (χ4v) is 3.06. The zero-order chi connectivity index (χ0) is 12.5. The molecule has 1 heterocycles. The number of hydrogen-bond acceptors (Lipinski definition) is 2. The molecule has 2 heteroatoms. The van der Waals surface area contributed by atoms with Gasteiger partial charge in [-0.15, -0.1) is 0 Å². The minimum atomic E-state index is 0.949. The lowest BCUT2D eigenvalue weighted by Crippen LogP contribution is -2.14. The van der Waals surface area contributed by atoms with Crippen molar-refractivity contribution in [3.8, 4) is 0 Å². The van der Waals surface area contributed by atoms with Gasteiger partial charge in [0.1, 0.15) is 0 Å². The molecule has 18 heavy (non-hydrogen) atoms. The highest BCUT2D eigenvalue weighted by Crippen LogP contribution is 2.30. The maximum absolute atomic E-state index is 4.93. The van der Waals surface area contributed by atoms with Crippen LogP contribution in [0.2, 0.25) is 0 Å². The van der Waals surface area contributed by atoms with Gasteiger partial charge in [-0.2, -0.15) is 0 Å². The Morgan fingerprint density at radius 1 is 1.22 bits per heavy atom. The molecule has 0 aliphatic heterocycles. The van der Waals surface area contributed by atoms with Crippen molar-refractivity contribution in [1.29, 1.82) is 0 Å². The Balaban J connectivity index is 2.33. The molecule has 0 fully saturated rings. The number of hydrogen-bond donors (Lipinski definition) is 1. The lowest BCUT2D eigenvalue weighted by molar-refractivity contribution is 0.658. The summed E-state index contributed by atoms with van der Waals surface area (Å²) in [5.41, 5.74) is 6.81. The Kier molecular flexibility index (Phi) is 3.04. The summed E-state index contributed by atoms with van der Waals surface area (Å²) in [5, 5.41) is 4.66. The van der Waals surface area contributed by atoms with Gasteiger partial charge in [0.05, 0.1) is 5.52 Å². The number of nitrogens with zero attached hydrogens (tertiary/aromatic N) is 1. The van der Waals surface area contributed by atoms with E-state index in [1.807, 2.05) is 7.05 Å². The van der Waals surface area contributed by atoms with E-state index in [1.165, 1.54) is 52.5 Å². The average molecular weight is 240 g/mol. The van der Waals surface area contributed by atoms with Gasteiger partial charge in [0.25, 0.3) is 0 Å². The zero-order valence-corrected chi connectivity index (χ0v) is 11.2. The first-order valence-electron chi connectivity index (χ1n) is 6.86. The van der Waals surface area contributed by atoms with Gasteiger partial charge in [-0.3, -0.25) is 4.98 Å². The smallest absolute Gasteiger partial charge is 0.0737 e. The Morgan fingerprint density at radius 2 is 2.06 bits per heavy atom. The Labute approximate surface area is 108 Å². The molecule has 0 saturated carbocycles. The van der Waals surface area contributed by atoms with Gasteiger partial charge < -0.3 is 5.32 Å². The van der Waals surface area contributed by atoms with Crippen LogP contribution in [0.5, 0.6) is 0 Å². The van der Waals surface area contributed by atoms with Crippen LogP contribution in [0.1, 0.15) is 35.2 Å². The molecule has 0 spiro atoms. The van der Waals surface area contributed by atoms with Crippen molar-refractivity contribution in [2.45, 2.75) is 39.2 Å². The monoisotopic (exact) mass is 240 g/mol. The highest BCUT2D eigenvalue weighted by atomic mass is 14.8. The number of pyridine rings is 1. The summed E-state index contributed by atoms with van der Waals surface area (Å²) in [5.74, 6) is 0. The first kappa shape index (κ1) is 11.7. The second-order valence-corrected chi connectivity index (χ2v) is 5.22. The quantitative estimate of drug-likeness (QED) is 0.872. The predicted octanol–water partition coefficient (Wildman–Crippen LogP) is 3.14. The molecule has 0 unspecified atom stereocenters. The lowest BCUT2D eigenvalue weighted by Gasteiger charge is -2.21. The van der Waals surface area contributed by atoms with E-state index in [0.717, 1.165) is 13.0 Å². The molecule has 0 atom stereocenters.